The Balaban J connectivity index is 2.60. The molecule has 17 heavy (non-hydrogen) atoms. The number of rotatable bonds is 2. The molecule has 1 aromatic heterocycles. The molecule has 7 heteroatoms. The van der Waals surface area contributed by atoms with Crippen LogP contribution >= 0.6 is 27.5 Å². The average molecular weight is 320 g/mol. The first-order chi connectivity index (χ1) is 8.00. The van der Waals surface area contributed by atoms with Crippen LogP contribution in [-0.2, 0) is 0 Å². The summed E-state index contributed by atoms with van der Waals surface area (Å²) in [5.41, 5.74) is 0.182. The van der Waals surface area contributed by atoms with Gasteiger partial charge >= 0.3 is 5.97 Å². The molecule has 0 spiro atoms. The fourth-order valence-electron chi connectivity index (χ4n) is 1.32. The second-order valence-electron chi connectivity index (χ2n) is 3.19. The highest BCUT2D eigenvalue weighted by atomic mass is 79.9. The van der Waals surface area contributed by atoms with Gasteiger partial charge in [0.05, 0.1) is 16.3 Å². The zero-order chi connectivity index (χ0) is 12.6. The van der Waals surface area contributed by atoms with E-state index in [4.69, 9.17) is 16.7 Å². The summed E-state index contributed by atoms with van der Waals surface area (Å²) in [4.78, 5) is 10.7. The molecule has 0 unspecified atom stereocenters. The van der Waals surface area contributed by atoms with E-state index in [-0.39, 0.29) is 17.0 Å². The molecule has 0 amide bonds. The van der Waals surface area contributed by atoms with Crippen molar-refractivity contribution >= 4 is 33.5 Å². The van der Waals surface area contributed by atoms with Gasteiger partial charge in [-0.1, -0.05) is 11.6 Å². The summed E-state index contributed by atoms with van der Waals surface area (Å²) in [6.07, 6.45) is 0. The van der Waals surface area contributed by atoms with E-state index in [1.54, 1.807) is 0 Å². The van der Waals surface area contributed by atoms with Crippen molar-refractivity contribution < 1.29 is 14.3 Å². The second-order valence-corrected chi connectivity index (χ2v) is 4.39. The van der Waals surface area contributed by atoms with Gasteiger partial charge in [0.25, 0.3) is 0 Å². The first-order valence-corrected chi connectivity index (χ1v) is 5.60. The lowest BCUT2D eigenvalue weighted by molar-refractivity contribution is 0.0690. The molecule has 0 atom stereocenters. The van der Waals surface area contributed by atoms with Crippen molar-refractivity contribution in [3.05, 3.63) is 39.2 Å². The summed E-state index contributed by atoms with van der Waals surface area (Å²) in [5, 5.41) is 15.1. The summed E-state index contributed by atoms with van der Waals surface area (Å²) >= 11 is 8.98. The number of aromatic amines is 1. The molecule has 88 valence electrons. The third-order valence-electron chi connectivity index (χ3n) is 2.11. The standard InChI is InChI=1S/C10H5BrClFN2O2/c11-9-4(12)1-2-5(13)8(9)6-3-7(10(16)17)15-14-6/h1-3H,(H,14,15)(H,16,17). The van der Waals surface area contributed by atoms with Crippen LogP contribution in [-0.4, -0.2) is 21.3 Å². The number of hydrogen-bond donors (Lipinski definition) is 2. The van der Waals surface area contributed by atoms with Gasteiger partial charge in [-0.3, -0.25) is 5.10 Å². The Kier molecular flexibility index (Phi) is 3.17. The Bertz CT molecular complexity index is 600. The highest BCUT2D eigenvalue weighted by Crippen LogP contribution is 2.35. The van der Waals surface area contributed by atoms with Gasteiger partial charge < -0.3 is 5.11 Å². The highest BCUT2D eigenvalue weighted by Gasteiger charge is 2.17. The van der Waals surface area contributed by atoms with Crippen molar-refractivity contribution in [3.8, 4) is 11.3 Å². The molecule has 2 N–H and O–H groups in total. The zero-order valence-corrected chi connectivity index (χ0v) is 10.5. The van der Waals surface area contributed by atoms with E-state index < -0.39 is 11.8 Å². The maximum atomic E-state index is 13.6. The van der Waals surface area contributed by atoms with Crippen LogP contribution in [0.25, 0.3) is 11.3 Å². The van der Waals surface area contributed by atoms with Crippen LogP contribution in [0.2, 0.25) is 5.02 Å². The lowest BCUT2D eigenvalue weighted by atomic mass is 10.1. The molecular formula is C10H5BrClFN2O2. The number of aromatic nitrogens is 2. The van der Waals surface area contributed by atoms with Crippen molar-refractivity contribution in [1.29, 1.82) is 0 Å². The first-order valence-electron chi connectivity index (χ1n) is 4.43. The molecular weight excluding hydrogens is 314 g/mol. The first kappa shape index (κ1) is 12.1. The van der Waals surface area contributed by atoms with Crippen molar-refractivity contribution in [1.82, 2.24) is 10.2 Å². The minimum Gasteiger partial charge on any atom is -0.477 e. The number of nitrogens with zero attached hydrogens (tertiary/aromatic N) is 1. The maximum Gasteiger partial charge on any atom is 0.353 e. The Hall–Kier alpha value is -1.40. The number of carboxylic acid groups (broad SMARTS) is 1. The van der Waals surface area contributed by atoms with Crippen molar-refractivity contribution in [2.75, 3.05) is 0 Å². The smallest absolute Gasteiger partial charge is 0.353 e. The number of aromatic carboxylic acids is 1. The lowest BCUT2D eigenvalue weighted by Crippen LogP contribution is -1.95. The third-order valence-corrected chi connectivity index (χ3v) is 3.48. The second kappa shape index (κ2) is 4.46. The summed E-state index contributed by atoms with van der Waals surface area (Å²) in [6, 6.07) is 3.83. The minimum atomic E-state index is -1.16. The quantitative estimate of drug-likeness (QED) is 0.834. The molecule has 0 radical (unpaired) electrons. The normalized spacial score (nSPS) is 10.5. The van der Waals surface area contributed by atoms with Gasteiger partial charge in [0.1, 0.15) is 11.5 Å². The highest BCUT2D eigenvalue weighted by molar-refractivity contribution is 9.10. The number of halogens is 3. The van der Waals surface area contributed by atoms with Gasteiger partial charge in [-0.25, -0.2) is 9.18 Å². The zero-order valence-electron chi connectivity index (χ0n) is 8.17. The van der Waals surface area contributed by atoms with Crippen LogP contribution in [0.5, 0.6) is 0 Å². The predicted octanol–water partition coefficient (Wildman–Crippen LogP) is 3.33. The van der Waals surface area contributed by atoms with Crippen molar-refractivity contribution in [2.45, 2.75) is 0 Å². The number of carboxylic acids is 1. The van der Waals surface area contributed by atoms with Crippen molar-refractivity contribution in [2.24, 2.45) is 0 Å². The number of H-pyrrole nitrogens is 1. The SMILES string of the molecule is O=C(O)c1cc(-c2c(F)ccc(Cl)c2Br)n[nH]1. The number of hydrogen-bond acceptors (Lipinski definition) is 2. The molecule has 2 aromatic rings. The van der Waals surface area contributed by atoms with Crippen LogP contribution in [0.1, 0.15) is 10.5 Å². The average Bonchev–Trinajstić information content (AvgIpc) is 2.73. The molecule has 0 aliphatic heterocycles. The van der Waals surface area contributed by atoms with Crippen LogP contribution in [0, 0.1) is 5.82 Å². The van der Waals surface area contributed by atoms with E-state index in [0.717, 1.165) is 0 Å². The van der Waals surface area contributed by atoms with E-state index in [9.17, 15) is 9.18 Å². The number of nitrogens with one attached hydrogen (secondary N) is 1. The molecule has 0 aliphatic rings. The molecule has 1 heterocycles. The van der Waals surface area contributed by atoms with Gasteiger partial charge in [-0.2, -0.15) is 5.10 Å². The molecule has 1 aromatic carbocycles. The Morgan fingerprint density at radius 1 is 1.53 bits per heavy atom. The van der Waals surface area contributed by atoms with Gasteiger partial charge in [0, 0.05) is 4.47 Å². The Morgan fingerprint density at radius 2 is 2.24 bits per heavy atom. The van der Waals surface area contributed by atoms with E-state index in [1.165, 1.54) is 18.2 Å². The largest absolute Gasteiger partial charge is 0.477 e. The lowest BCUT2D eigenvalue weighted by Gasteiger charge is -2.04. The minimum absolute atomic E-state index is 0.119. The topological polar surface area (TPSA) is 66.0 Å². The van der Waals surface area contributed by atoms with Crippen molar-refractivity contribution in [3.63, 3.8) is 0 Å². The van der Waals surface area contributed by atoms with E-state index in [2.05, 4.69) is 26.1 Å². The summed E-state index contributed by atoms with van der Waals surface area (Å²) in [5.74, 6) is -1.70. The van der Waals surface area contributed by atoms with Crippen LogP contribution in [0.3, 0.4) is 0 Å². The molecule has 0 saturated heterocycles. The molecule has 0 saturated carbocycles. The Labute approximate surface area is 109 Å². The fourth-order valence-corrected chi connectivity index (χ4v) is 2.00. The molecule has 4 nitrogen and oxygen atoms in total. The van der Waals surface area contributed by atoms with Crippen LogP contribution in [0.15, 0.2) is 22.7 Å². The molecule has 0 aliphatic carbocycles. The van der Waals surface area contributed by atoms with Crippen LogP contribution in [0.4, 0.5) is 4.39 Å². The molecule has 2 rings (SSSR count). The summed E-state index contributed by atoms with van der Waals surface area (Å²) < 4.78 is 14.0. The van der Waals surface area contributed by atoms with Gasteiger partial charge in [0.15, 0.2) is 0 Å². The predicted molar refractivity (Wildman–Crippen MR) is 63.7 cm³/mol. The monoisotopic (exact) mass is 318 g/mol. The number of carbonyl (C=O) groups is 1. The third kappa shape index (κ3) is 2.18. The molecule has 0 bridgehead atoms. The van der Waals surface area contributed by atoms with E-state index >= 15 is 0 Å². The molecule has 0 fully saturated rings. The van der Waals surface area contributed by atoms with Gasteiger partial charge in [-0.15, -0.1) is 0 Å². The maximum absolute atomic E-state index is 13.6. The summed E-state index contributed by atoms with van der Waals surface area (Å²) in [7, 11) is 0. The fraction of sp³-hybridized carbons (Fsp3) is 0. The Morgan fingerprint density at radius 3 is 2.82 bits per heavy atom. The van der Waals surface area contributed by atoms with Gasteiger partial charge in [0.2, 0.25) is 0 Å². The number of benzene rings is 1. The van der Waals surface area contributed by atoms with Gasteiger partial charge in [-0.05, 0) is 34.1 Å². The van der Waals surface area contributed by atoms with E-state index in [0.29, 0.717) is 9.50 Å². The van der Waals surface area contributed by atoms with E-state index in [1.807, 2.05) is 0 Å². The summed E-state index contributed by atoms with van der Waals surface area (Å²) in [6.45, 7) is 0. The van der Waals surface area contributed by atoms with Crippen LogP contribution < -0.4 is 0 Å².